The highest BCUT2D eigenvalue weighted by Gasteiger charge is 2.46. The van der Waals surface area contributed by atoms with Crippen molar-refractivity contribution >= 4 is 23.4 Å². The van der Waals surface area contributed by atoms with Crippen LogP contribution in [0.4, 0.5) is 5.69 Å². The van der Waals surface area contributed by atoms with E-state index in [0.717, 1.165) is 28.1 Å². The maximum absolute atomic E-state index is 13.3. The molecule has 0 aliphatic carbocycles. The molecule has 5 heteroatoms. The number of pyridine rings is 1. The van der Waals surface area contributed by atoms with Crippen LogP contribution in [0.15, 0.2) is 66.9 Å². The van der Waals surface area contributed by atoms with E-state index in [0.29, 0.717) is 5.56 Å². The largest absolute Gasteiger partial charge is 0.294 e. The predicted octanol–water partition coefficient (Wildman–Crippen LogP) is 4.45. The van der Waals surface area contributed by atoms with E-state index in [1.54, 1.807) is 30.1 Å². The Kier molecular flexibility index (Phi) is 3.34. The van der Waals surface area contributed by atoms with Crippen molar-refractivity contribution in [2.24, 2.45) is 0 Å². The molecule has 2 aliphatic heterocycles. The predicted molar refractivity (Wildman–Crippen MR) is 101 cm³/mol. The first-order chi connectivity index (χ1) is 12.8. The Morgan fingerprint density at radius 1 is 1.00 bits per heavy atom. The molecule has 0 N–H and O–H groups in total. The van der Waals surface area contributed by atoms with E-state index in [1.807, 2.05) is 47.4 Å². The number of hydrogen-bond donors (Lipinski definition) is 0. The summed E-state index contributed by atoms with van der Waals surface area (Å²) in [6.45, 7) is 0. The fourth-order valence-electron chi connectivity index (χ4n) is 3.65. The summed E-state index contributed by atoms with van der Waals surface area (Å²) in [7, 11) is 0. The lowest BCUT2D eigenvalue weighted by Crippen LogP contribution is -2.30. The Morgan fingerprint density at radius 3 is 2.58 bits per heavy atom. The smallest absolute Gasteiger partial charge is 0.245 e. The van der Waals surface area contributed by atoms with Crippen LogP contribution in [0.1, 0.15) is 27.3 Å². The van der Waals surface area contributed by atoms with Crippen molar-refractivity contribution < 1.29 is 4.79 Å². The number of carbonyl (C=O) groups excluding carboxylic acids is 1. The molecule has 1 aromatic heterocycles. The zero-order valence-electron chi connectivity index (χ0n) is 13.7. The molecular formula is C21H13N3OS. The number of rotatable bonds is 1. The topological polar surface area (TPSA) is 57.0 Å². The Bertz CT molecular complexity index is 1070. The second-order valence-electron chi connectivity index (χ2n) is 6.26. The Balaban J connectivity index is 1.71. The summed E-state index contributed by atoms with van der Waals surface area (Å²) in [6, 6.07) is 21.3. The highest BCUT2D eigenvalue weighted by molar-refractivity contribution is 8.01. The van der Waals surface area contributed by atoms with Gasteiger partial charge in [-0.05, 0) is 35.9 Å². The van der Waals surface area contributed by atoms with Gasteiger partial charge in [0.05, 0.1) is 17.3 Å². The minimum absolute atomic E-state index is 0.0756. The van der Waals surface area contributed by atoms with Crippen LogP contribution in [0.2, 0.25) is 0 Å². The highest BCUT2D eigenvalue weighted by Crippen LogP contribution is 2.57. The molecule has 2 aromatic carbocycles. The lowest BCUT2D eigenvalue weighted by molar-refractivity contribution is -0.117. The van der Waals surface area contributed by atoms with Gasteiger partial charge in [0.25, 0.3) is 0 Å². The SMILES string of the molecule is N#Cc1ccc(N2C(=O)C3SC2c2cccnc2-c2ccccc23)cc1. The number of nitrogens with zero attached hydrogens (tertiary/aromatic N) is 3. The molecule has 5 rings (SSSR count). The number of hydrogen-bond acceptors (Lipinski definition) is 4. The van der Waals surface area contributed by atoms with Crippen molar-refractivity contribution in [2.45, 2.75) is 10.6 Å². The number of anilines is 1. The third kappa shape index (κ3) is 2.09. The van der Waals surface area contributed by atoms with Gasteiger partial charge in [-0.25, -0.2) is 0 Å². The molecule has 2 unspecified atom stereocenters. The average Bonchev–Trinajstić information content (AvgIpc) is 2.97. The first kappa shape index (κ1) is 15.2. The third-order valence-electron chi connectivity index (χ3n) is 4.84. The van der Waals surface area contributed by atoms with Crippen LogP contribution in [0, 0.1) is 11.3 Å². The summed E-state index contributed by atoms with van der Waals surface area (Å²) in [6.07, 6.45) is 1.80. The molecule has 1 saturated heterocycles. The van der Waals surface area contributed by atoms with Crippen LogP contribution in [-0.2, 0) is 4.79 Å². The highest BCUT2D eigenvalue weighted by atomic mass is 32.2. The van der Waals surface area contributed by atoms with Gasteiger partial charge in [0.15, 0.2) is 0 Å². The summed E-state index contributed by atoms with van der Waals surface area (Å²) in [5, 5.41) is 8.65. The lowest BCUT2D eigenvalue weighted by atomic mass is 9.95. The number of fused-ring (bicyclic) bond motifs is 7. The lowest BCUT2D eigenvalue weighted by Gasteiger charge is -2.26. The standard InChI is InChI=1S/C21H13N3OS/c22-12-13-7-9-14(10-8-13)24-20(25)19-16-5-2-1-4-15(16)18-17(21(24)26-19)6-3-11-23-18/h1-11,19,21H. The third-order valence-corrected chi connectivity index (χ3v) is 6.29. The van der Waals surface area contributed by atoms with Gasteiger partial charge in [0.2, 0.25) is 5.91 Å². The van der Waals surface area contributed by atoms with Crippen molar-refractivity contribution in [1.82, 2.24) is 4.98 Å². The normalized spacial score (nSPS) is 20.1. The first-order valence-corrected chi connectivity index (χ1v) is 9.25. The Morgan fingerprint density at radius 2 is 1.77 bits per heavy atom. The van der Waals surface area contributed by atoms with E-state index >= 15 is 0 Å². The van der Waals surface area contributed by atoms with E-state index in [1.165, 1.54) is 0 Å². The van der Waals surface area contributed by atoms with Gasteiger partial charge in [-0.3, -0.25) is 14.7 Å². The van der Waals surface area contributed by atoms with Crippen LogP contribution >= 0.6 is 11.8 Å². The van der Waals surface area contributed by atoms with Crippen molar-refractivity contribution in [3.8, 4) is 17.3 Å². The average molecular weight is 355 g/mol. The quantitative estimate of drug-likeness (QED) is 0.647. The molecule has 4 nitrogen and oxygen atoms in total. The molecule has 2 aliphatic rings. The molecule has 1 fully saturated rings. The molecule has 0 saturated carbocycles. The van der Waals surface area contributed by atoms with Crippen LogP contribution in [0.3, 0.4) is 0 Å². The zero-order valence-corrected chi connectivity index (χ0v) is 14.5. The van der Waals surface area contributed by atoms with Crippen LogP contribution in [0.25, 0.3) is 11.3 Å². The van der Waals surface area contributed by atoms with E-state index in [9.17, 15) is 4.79 Å². The number of carbonyl (C=O) groups is 1. The first-order valence-electron chi connectivity index (χ1n) is 8.31. The van der Waals surface area contributed by atoms with E-state index in [-0.39, 0.29) is 16.5 Å². The van der Waals surface area contributed by atoms with Crippen molar-refractivity contribution in [2.75, 3.05) is 4.90 Å². The van der Waals surface area contributed by atoms with Crippen LogP contribution in [0.5, 0.6) is 0 Å². The molecule has 26 heavy (non-hydrogen) atoms. The fraction of sp³-hybridized carbons (Fsp3) is 0.0952. The number of thioether (sulfide) groups is 1. The van der Waals surface area contributed by atoms with E-state index in [4.69, 9.17) is 5.26 Å². The van der Waals surface area contributed by atoms with E-state index in [2.05, 4.69) is 17.1 Å². The summed E-state index contributed by atoms with van der Waals surface area (Å²) in [5.41, 5.74) is 5.43. The van der Waals surface area contributed by atoms with Crippen molar-refractivity contribution in [1.29, 1.82) is 5.26 Å². The number of nitriles is 1. The van der Waals surface area contributed by atoms with Crippen molar-refractivity contribution in [3.05, 3.63) is 83.6 Å². The molecule has 0 spiro atoms. The summed E-state index contributed by atoms with van der Waals surface area (Å²) >= 11 is 1.65. The van der Waals surface area contributed by atoms with Gasteiger partial charge in [-0.15, -0.1) is 11.8 Å². The number of amides is 1. The maximum Gasteiger partial charge on any atom is 0.245 e. The van der Waals surface area contributed by atoms with Crippen LogP contribution < -0.4 is 4.90 Å². The Labute approximate surface area is 155 Å². The molecule has 3 heterocycles. The monoisotopic (exact) mass is 355 g/mol. The molecule has 124 valence electrons. The summed E-state index contributed by atoms with van der Waals surface area (Å²) in [4.78, 5) is 19.8. The fourth-order valence-corrected chi connectivity index (χ4v) is 5.18. The van der Waals surface area contributed by atoms with Gasteiger partial charge in [0, 0.05) is 23.0 Å². The van der Waals surface area contributed by atoms with Gasteiger partial charge in [-0.2, -0.15) is 5.26 Å². The molecule has 2 atom stereocenters. The van der Waals surface area contributed by atoms with Crippen molar-refractivity contribution in [3.63, 3.8) is 0 Å². The molecule has 1 amide bonds. The molecular weight excluding hydrogens is 342 g/mol. The Hall–Kier alpha value is -3.10. The molecule has 0 radical (unpaired) electrons. The second kappa shape index (κ2) is 5.72. The maximum atomic E-state index is 13.3. The zero-order chi connectivity index (χ0) is 17.7. The minimum atomic E-state index is -0.249. The van der Waals surface area contributed by atoms with E-state index < -0.39 is 0 Å². The van der Waals surface area contributed by atoms with Gasteiger partial charge in [-0.1, -0.05) is 30.3 Å². The number of benzene rings is 2. The minimum Gasteiger partial charge on any atom is -0.294 e. The van der Waals surface area contributed by atoms with Gasteiger partial charge >= 0.3 is 0 Å². The summed E-state index contributed by atoms with van der Waals surface area (Å²) < 4.78 is 0. The molecule has 2 bridgehead atoms. The second-order valence-corrected chi connectivity index (χ2v) is 7.45. The van der Waals surface area contributed by atoms with Crippen LogP contribution in [-0.4, -0.2) is 10.9 Å². The molecule has 3 aromatic rings. The summed E-state index contributed by atoms with van der Waals surface area (Å²) in [5.74, 6) is 0.0756. The van der Waals surface area contributed by atoms with Gasteiger partial charge < -0.3 is 0 Å². The van der Waals surface area contributed by atoms with Gasteiger partial charge in [0.1, 0.15) is 10.6 Å². The number of aromatic nitrogens is 1.